The normalized spacial score (nSPS) is 13.1. The first-order valence-corrected chi connectivity index (χ1v) is 5.28. The third-order valence-corrected chi connectivity index (χ3v) is 3.14. The Bertz CT molecular complexity index is 316. The van der Waals surface area contributed by atoms with Crippen LogP contribution in [0.25, 0.3) is 0 Å². The van der Waals surface area contributed by atoms with Crippen molar-refractivity contribution < 1.29 is 5.64 Å². The highest BCUT2D eigenvalue weighted by atomic mass is 15.0. The lowest BCUT2D eigenvalue weighted by Crippen LogP contribution is -2.68. The first-order valence-electron chi connectivity index (χ1n) is 5.28. The molecule has 1 aromatic rings. The van der Waals surface area contributed by atoms with Gasteiger partial charge in [-0.15, -0.1) is 6.82 Å². The second-order valence-electron chi connectivity index (χ2n) is 4.10. The highest BCUT2D eigenvalue weighted by Gasteiger charge is 2.13. The Labute approximate surface area is 81.9 Å². The van der Waals surface area contributed by atoms with Gasteiger partial charge in [0.2, 0.25) is 0 Å². The Kier molecular flexibility index (Phi) is 2.91. The minimum atomic E-state index is -0.444. The maximum absolute atomic E-state index is 4.17. The van der Waals surface area contributed by atoms with Crippen molar-refractivity contribution in [2.45, 2.75) is 34.4 Å². The fraction of sp³-hybridized carbons (Fsp3) is 0.556. The predicted octanol–water partition coefficient (Wildman–Crippen LogP) is -0.536. The molecule has 0 saturated heterocycles. The summed E-state index contributed by atoms with van der Waals surface area (Å²) in [7, 11) is 1.14. The molecule has 0 aliphatic rings. The van der Waals surface area contributed by atoms with E-state index >= 15 is 0 Å². The Morgan fingerprint density at radius 1 is 1.23 bits per heavy atom. The minimum Gasteiger partial charge on any atom is -0.531 e. The summed E-state index contributed by atoms with van der Waals surface area (Å²) in [5.41, 5.74) is 9.98. The number of rotatable bonds is 2. The van der Waals surface area contributed by atoms with Crippen molar-refractivity contribution in [2.24, 2.45) is 0 Å². The Hall–Kier alpha value is -0.630. The number of nitrogens with zero attached hydrogens (tertiary/aromatic N) is 1. The van der Waals surface area contributed by atoms with Gasteiger partial charge in [0, 0.05) is 0 Å². The molecule has 13 heavy (non-hydrogen) atoms. The molecule has 1 atom stereocenters. The van der Waals surface area contributed by atoms with Crippen LogP contribution in [0.2, 0.25) is 13.6 Å². The second kappa shape index (κ2) is 3.62. The molecule has 1 heterocycles. The highest BCUT2D eigenvalue weighted by Crippen LogP contribution is 2.10. The smallest absolute Gasteiger partial charge is 0.287 e. The number of hydrogen-bond donors (Lipinski definition) is 1. The van der Waals surface area contributed by atoms with Crippen molar-refractivity contribution in [2.75, 3.05) is 0 Å². The summed E-state index contributed by atoms with van der Waals surface area (Å²) < 4.78 is 2.41. The van der Waals surface area contributed by atoms with E-state index in [0.29, 0.717) is 0 Å². The van der Waals surface area contributed by atoms with Crippen LogP contribution in [0.4, 0.5) is 0 Å². The number of quaternary nitrogens is 1. The van der Waals surface area contributed by atoms with E-state index in [2.05, 4.69) is 44.5 Å². The van der Waals surface area contributed by atoms with Crippen molar-refractivity contribution in [3.63, 3.8) is 0 Å². The maximum Gasteiger partial charge on any atom is 0.287 e. The molecular formula is C9H20B2N2. The van der Waals surface area contributed by atoms with E-state index in [1.165, 1.54) is 22.4 Å². The summed E-state index contributed by atoms with van der Waals surface area (Å²) in [4.78, 5) is 0. The van der Waals surface area contributed by atoms with Gasteiger partial charge in [0.1, 0.15) is 0 Å². The van der Waals surface area contributed by atoms with E-state index in [9.17, 15) is 0 Å². The molecule has 0 aliphatic carbocycles. The van der Waals surface area contributed by atoms with E-state index in [-0.39, 0.29) is 0 Å². The van der Waals surface area contributed by atoms with Crippen LogP contribution in [0.3, 0.4) is 0 Å². The zero-order valence-corrected chi connectivity index (χ0v) is 9.57. The van der Waals surface area contributed by atoms with E-state index in [0.717, 1.165) is 7.28 Å². The van der Waals surface area contributed by atoms with Crippen molar-refractivity contribution in [1.82, 2.24) is 4.48 Å². The Morgan fingerprint density at radius 3 is 2.00 bits per heavy atom. The molecule has 2 nitrogen and oxygen atoms in total. The largest absolute Gasteiger partial charge is 0.531 e. The molecule has 0 radical (unpaired) electrons. The average molecular weight is 178 g/mol. The van der Waals surface area contributed by atoms with Crippen LogP contribution in [0, 0.1) is 20.8 Å². The summed E-state index contributed by atoms with van der Waals surface area (Å²) in [5.74, 6) is 0. The molecule has 72 valence electrons. The highest BCUT2D eigenvalue weighted by molar-refractivity contribution is 6.54. The van der Waals surface area contributed by atoms with Crippen molar-refractivity contribution in [3.8, 4) is 0 Å². The first-order chi connectivity index (χ1) is 6.00. The van der Waals surface area contributed by atoms with Gasteiger partial charge < -0.3 is 10.1 Å². The molecule has 0 saturated carbocycles. The van der Waals surface area contributed by atoms with Gasteiger partial charge in [0.05, 0.1) is 0 Å². The van der Waals surface area contributed by atoms with Gasteiger partial charge in [-0.3, -0.25) is 0 Å². The van der Waals surface area contributed by atoms with Crippen LogP contribution in [0.1, 0.15) is 17.0 Å². The fourth-order valence-electron chi connectivity index (χ4n) is 2.44. The number of aromatic nitrogens is 1. The molecule has 0 amide bonds. The standard InChI is InChI=1S/C9H20B2N2/c1-6-7(2)13(11(5)12)8(3)9(6)10-4/h10-11H,1-5,12H3/t11-/m1/s1. The van der Waals surface area contributed by atoms with Crippen LogP contribution in [0.15, 0.2) is 0 Å². The third-order valence-electron chi connectivity index (χ3n) is 3.14. The maximum atomic E-state index is 4.17. The topological polar surface area (TPSA) is 32.6 Å². The molecule has 1 aromatic heterocycles. The molecule has 0 aromatic carbocycles. The summed E-state index contributed by atoms with van der Waals surface area (Å²) in [6.45, 7) is 10.6. The van der Waals surface area contributed by atoms with Gasteiger partial charge >= 0.3 is 0 Å². The molecule has 0 bridgehead atoms. The Balaban J connectivity index is 3.36. The first kappa shape index (κ1) is 10.5. The van der Waals surface area contributed by atoms with E-state index in [4.69, 9.17) is 0 Å². The molecule has 1 rings (SSSR count). The number of hydrogen-bond acceptors (Lipinski definition) is 0. The summed E-state index contributed by atoms with van der Waals surface area (Å²) in [5, 5.41) is 0. The van der Waals surface area contributed by atoms with Gasteiger partial charge in [0.15, 0.2) is 7.28 Å². The van der Waals surface area contributed by atoms with Crippen LogP contribution in [0.5, 0.6) is 0 Å². The average Bonchev–Trinajstić information content (AvgIpc) is 2.24. The molecular weight excluding hydrogens is 158 g/mol. The van der Waals surface area contributed by atoms with Crippen molar-refractivity contribution in [1.29, 1.82) is 0 Å². The van der Waals surface area contributed by atoms with Crippen molar-refractivity contribution >= 4 is 19.7 Å². The lowest BCUT2D eigenvalue weighted by Gasteiger charge is -2.16. The molecule has 0 aliphatic heterocycles. The van der Waals surface area contributed by atoms with Crippen LogP contribution in [-0.2, 0) is 0 Å². The van der Waals surface area contributed by atoms with Crippen LogP contribution in [-0.4, -0.2) is 18.7 Å². The zero-order chi connectivity index (χ0) is 10.2. The lowest BCUT2D eigenvalue weighted by molar-refractivity contribution is -0.196. The second-order valence-corrected chi connectivity index (χ2v) is 4.10. The van der Waals surface area contributed by atoms with Gasteiger partial charge in [-0.2, -0.15) is 0 Å². The van der Waals surface area contributed by atoms with Gasteiger partial charge in [-0.25, -0.2) is 0 Å². The molecule has 4 heteroatoms. The van der Waals surface area contributed by atoms with Crippen LogP contribution >= 0.6 is 0 Å². The van der Waals surface area contributed by atoms with E-state index in [1.807, 2.05) is 0 Å². The third kappa shape index (κ3) is 1.55. The molecule has 0 fully saturated rings. The fourth-order valence-corrected chi connectivity index (χ4v) is 2.44. The van der Waals surface area contributed by atoms with E-state index in [1.54, 1.807) is 0 Å². The zero-order valence-electron chi connectivity index (χ0n) is 9.57. The predicted molar refractivity (Wildman–Crippen MR) is 62.6 cm³/mol. The summed E-state index contributed by atoms with van der Waals surface area (Å²) in [6.07, 6.45) is 0. The summed E-state index contributed by atoms with van der Waals surface area (Å²) in [6, 6.07) is 0. The van der Waals surface area contributed by atoms with Gasteiger partial charge in [0.25, 0.3) is 6.98 Å². The van der Waals surface area contributed by atoms with Crippen LogP contribution < -0.4 is 11.1 Å². The molecule has 0 spiro atoms. The minimum absolute atomic E-state index is 0.444. The monoisotopic (exact) mass is 178 g/mol. The quantitative estimate of drug-likeness (QED) is 0.590. The lowest BCUT2D eigenvalue weighted by atomic mass is 9.71. The van der Waals surface area contributed by atoms with E-state index < -0.39 is 6.98 Å². The molecule has 0 unspecified atom stereocenters. The van der Waals surface area contributed by atoms with Crippen molar-refractivity contribution in [3.05, 3.63) is 17.0 Å². The Morgan fingerprint density at radius 2 is 1.77 bits per heavy atom. The SMILES string of the molecule is CBc1c(C)c(C)n([B@H-](C)[NH3+])c1C. The molecule has 3 N–H and O–H groups in total. The summed E-state index contributed by atoms with van der Waals surface area (Å²) >= 11 is 0. The van der Waals surface area contributed by atoms with Gasteiger partial charge in [-0.1, -0.05) is 12.3 Å². The van der Waals surface area contributed by atoms with Gasteiger partial charge in [-0.05, 0) is 37.7 Å².